The van der Waals surface area contributed by atoms with Crippen LogP contribution in [0.15, 0.2) is 36.4 Å². The summed E-state index contributed by atoms with van der Waals surface area (Å²) in [6.07, 6.45) is 2.08. The van der Waals surface area contributed by atoms with Gasteiger partial charge in [-0.25, -0.2) is 8.42 Å². The Morgan fingerprint density at radius 2 is 1.78 bits per heavy atom. The van der Waals surface area contributed by atoms with E-state index in [1.807, 2.05) is 6.92 Å². The lowest BCUT2D eigenvalue weighted by Crippen LogP contribution is -2.48. The van der Waals surface area contributed by atoms with E-state index in [9.17, 15) is 18.0 Å². The summed E-state index contributed by atoms with van der Waals surface area (Å²) in [6.45, 7) is 4.23. The van der Waals surface area contributed by atoms with E-state index >= 15 is 0 Å². The molecule has 12 heteroatoms. The molecule has 0 aromatic heterocycles. The van der Waals surface area contributed by atoms with E-state index in [-0.39, 0.29) is 44.5 Å². The van der Waals surface area contributed by atoms with Crippen LogP contribution >= 0.6 is 23.2 Å². The molecule has 0 saturated carbocycles. The molecule has 2 amide bonds. The van der Waals surface area contributed by atoms with Crippen LogP contribution in [0, 0.1) is 0 Å². The van der Waals surface area contributed by atoms with E-state index in [0.717, 1.165) is 12.7 Å². The lowest BCUT2D eigenvalue weighted by Gasteiger charge is -2.30. The highest BCUT2D eigenvalue weighted by atomic mass is 35.5. The Kier molecular flexibility index (Phi) is 9.92. The predicted octanol–water partition coefficient (Wildman–Crippen LogP) is 4.21. The molecule has 0 radical (unpaired) electrons. The van der Waals surface area contributed by atoms with Gasteiger partial charge in [0, 0.05) is 47.7 Å². The van der Waals surface area contributed by atoms with Gasteiger partial charge in [-0.15, -0.1) is 0 Å². The molecular weight excluding hydrogens is 541 g/mol. The van der Waals surface area contributed by atoms with Gasteiger partial charge < -0.3 is 19.7 Å². The highest BCUT2D eigenvalue weighted by Gasteiger charge is 2.28. The van der Waals surface area contributed by atoms with Crippen molar-refractivity contribution in [3.05, 3.63) is 52.0 Å². The SMILES string of the molecule is CCCNC(=O)C(C)N(Cc1c(Cl)cccc1Cl)C(=O)CCCN(c1ccc2c(c1)OCO2)S(C)(=O)=O. The Balaban J connectivity index is 1.76. The Morgan fingerprint density at radius 1 is 1.11 bits per heavy atom. The average Bonchev–Trinajstić information content (AvgIpc) is 3.31. The maximum Gasteiger partial charge on any atom is 0.242 e. The summed E-state index contributed by atoms with van der Waals surface area (Å²) >= 11 is 12.7. The third kappa shape index (κ3) is 7.43. The lowest BCUT2D eigenvalue weighted by atomic mass is 10.1. The zero-order valence-electron chi connectivity index (χ0n) is 21.0. The number of nitrogens with one attached hydrogen (secondary N) is 1. The van der Waals surface area contributed by atoms with Crippen LogP contribution in [0.2, 0.25) is 10.0 Å². The first-order valence-electron chi connectivity index (χ1n) is 11.9. The van der Waals surface area contributed by atoms with Crippen LogP contribution in [-0.2, 0) is 26.2 Å². The molecule has 2 aromatic carbocycles. The minimum Gasteiger partial charge on any atom is -0.454 e. The van der Waals surface area contributed by atoms with Gasteiger partial charge >= 0.3 is 0 Å². The molecule has 2 aromatic rings. The summed E-state index contributed by atoms with van der Waals surface area (Å²) in [6, 6.07) is 9.12. The Hall–Kier alpha value is -2.69. The van der Waals surface area contributed by atoms with E-state index < -0.39 is 16.1 Å². The number of nitrogens with zero attached hydrogens (tertiary/aromatic N) is 2. The Bertz CT molecular complexity index is 1220. The molecule has 1 unspecified atom stereocenters. The molecule has 9 nitrogen and oxygen atoms in total. The van der Waals surface area contributed by atoms with E-state index in [1.165, 1.54) is 9.21 Å². The van der Waals surface area contributed by atoms with Gasteiger partial charge in [0.2, 0.25) is 28.6 Å². The monoisotopic (exact) mass is 571 g/mol. The van der Waals surface area contributed by atoms with Crippen molar-refractivity contribution < 1.29 is 27.5 Å². The molecule has 1 aliphatic rings. The maximum atomic E-state index is 13.4. The van der Waals surface area contributed by atoms with Crippen molar-refractivity contribution in [2.75, 3.05) is 30.4 Å². The van der Waals surface area contributed by atoms with E-state index in [1.54, 1.807) is 43.3 Å². The third-order valence-corrected chi connectivity index (χ3v) is 7.81. The van der Waals surface area contributed by atoms with Crippen molar-refractivity contribution in [3.8, 4) is 11.5 Å². The number of sulfonamides is 1. The van der Waals surface area contributed by atoms with Gasteiger partial charge in [0.15, 0.2) is 11.5 Å². The van der Waals surface area contributed by atoms with E-state index in [0.29, 0.717) is 39.3 Å². The lowest BCUT2D eigenvalue weighted by molar-refractivity contribution is -0.140. The minimum atomic E-state index is -3.64. The number of hydrogen-bond acceptors (Lipinski definition) is 6. The number of fused-ring (bicyclic) bond motifs is 1. The normalized spacial score (nSPS) is 13.2. The van der Waals surface area contributed by atoms with Crippen molar-refractivity contribution in [1.29, 1.82) is 0 Å². The fourth-order valence-electron chi connectivity index (χ4n) is 3.88. The molecule has 0 aliphatic carbocycles. The van der Waals surface area contributed by atoms with Crippen molar-refractivity contribution in [3.63, 3.8) is 0 Å². The summed E-state index contributed by atoms with van der Waals surface area (Å²) in [5.41, 5.74) is 0.943. The first-order valence-corrected chi connectivity index (χ1v) is 14.5. The van der Waals surface area contributed by atoms with Crippen LogP contribution in [0.25, 0.3) is 0 Å². The predicted molar refractivity (Wildman–Crippen MR) is 144 cm³/mol. The molecule has 3 rings (SSSR count). The number of carbonyl (C=O) groups is 2. The fraction of sp³-hybridized carbons (Fsp3) is 0.440. The molecule has 0 saturated heterocycles. The average molecular weight is 573 g/mol. The van der Waals surface area contributed by atoms with Crippen LogP contribution in [0.4, 0.5) is 5.69 Å². The number of benzene rings is 2. The number of anilines is 1. The molecular formula is C25H31Cl2N3O6S. The summed E-state index contributed by atoms with van der Waals surface area (Å²) in [5, 5.41) is 3.58. The standard InChI is InChI=1S/C25H31Cl2N3O6S/c1-4-12-28-25(32)17(2)29(15-19-20(26)7-5-8-21(19)27)24(31)9-6-13-30(37(3,33)34)18-10-11-22-23(14-18)36-16-35-22/h5,7-8,10-11,14,17H,4,6,9,12-13,15-16H2,1-3H3,(H,28,32). The third-order valence-electron chi connectivity index (χ3n) is 5.90. The van der Waals surface area contributed by atoms with Crippen LogP contribution in [0.3, 0.4) is 0 Å². The summed E-state index contributed by atoms with van der Waals surface area (Å²) in [5.74, 6) is 0.374. The van der Waals surface area contributed by atoms with Crippen LogP contribution in [0.1, 0.15) is 38.7 Å². The first-order chi connectivity index (χ1) is 17.5. The number of ether oxygens (including phenoxy) is 2. The van der Waals surface area contributed by atoms with Gasteiger partial charge in [0.05, 0.1) is 11.9 Å². The van der Waals surface area contributed by atoms with Crippen LogP contribution < -0.4 is 19.1 Å². The van der Waals surface area contributed by atoms with Crippen molar-refractivity contribution in [1.82, 2.24) is 10.2 Å². The van der Waals surface area contributed by atoms with Crippen molar-refractivity contribution >= 4 is 50.7 Å². The molecule has 1 atom stereocenters. The number of amides is 2. The van der Waals surface area contributed by atoms with Crippen molar-refractivity contribution in [2.45, 2.75) is 45.7 Å². The maximum absolute atomic E-state index is 13.4. The fourth-order valence-corrected chi connectivity index (χ4v) is 5.35. The summed E-state index contributed by atoms with van der Waals surface area (Å²) in [7, 11) is -3.64. The van der Waals surface area contributed by atoms with Crippen LogP contribution in [0.5, 0.6) is 11.5 Å². The molecule has 1 aliphatic heterocycles. The second-order valence-corrected chi connectivity index (χ2v) is 11.4. The second kappa shape index (κ2) is 12.7. The van der Waals surface area contributed by atoms with Gasteiger partial charge in [-0.05, 0) is 44.0 Å². The van der Waals surface area contributed by atoms with Gasteiger partial charge in [-0.2, -0.15) is 0 Å². The first kappa shape index (κ1) is 28.9. The summed E-state index contributed by atoms with van der Waals surface area (Å²) in [4.78, 5) is 27.5. The topological polar surface area (TPSA) is 105 Å². The van der Waals surface area contributed by atoms with Gasteiger partial charge in [0.1, 0.15) is 6.04 Å². The minimum absolute atomic E-state index is 0.00401. The molecule has 0 spiro atoms. The molecule has 0 fully saturated rings. The quantitative estimate of drug-likeness (QED) is 0.409. The highest BCUT2D eigenvalue weighted by molar-refractivity contribution is 7.92. The van der Waals surface area contributed by atoms with E-state index in [2.05, 4.69) is 5.32 Å². The largest absolute Gasteiger partial charge is 0.454 e. The summed E-state index contributed by atoms with van der Waals surface area (Å²) < 4.78 is 36.9. The molecule has 202 valence electrons. The zero-order chi connectivity index (χ0) is 27.2. The number of halogens is 2. The highest BCUT2D eigenvalue weighted by Crippen LogP contribution is 2.36. The number of rotatable bonds is 12. The zero-order valence-corrected chi connectivity index (χ0v) is 23.3. The van der Waals surface area contributed by atoms with Crippen molar-refractivity contribution in [2.24, 2.45) is 0 Å². The molecule has 1 heterocycles. The van der Waals surface area contributed by atoms with Gasteiger partial charge in [0.25, 0.3) is 0 Å². The van der Waals surface area contributed by atoms with Gasteiger partial charge in [-0.3, -0.25) is 13.9 Å². The number of hydrogen-bond donors (Lipinski definition) is 1. The van der Waals surface area contributed by atoms with Gasteiger partial charge in [-0.1, -0.05) is 36.2 Å². The number of carbonyl (C=O) groups excluding carboxylic acids is 2. The van der Waals surface area contributed by atoms with E-state index in [4.69, 9.17) is 32.7 Å². The molecule has 0 bridgehead atoms. The molecule has 37 heavy (non-hydrogen) atoms. The Morgan fingerprint density at radius 3 is 2.43 bits per heavy atom. The smallest absolute Gasteiger partial charge is 0.242 e. The second-order valence-electron chi connectivity index (χ2n) is 8.67. The Labute approximate surface area is 227 Å². The van der Waals surface area contributed by atoms with Crippen LogP contribution in [-0.4, -0.2) is 57.3 Å². The molecule has 1 N–H and O–H groups in total.